The molecule has 0 amide bonds. The van der Waals surface area contributed by atoms with Crippen LogP contribution in [-0.2, 0) is 0 Å². The van der Waals surface area contributed by atoms with Gasteiger partial charge in [-0.25, -0.2) is 0 Å². The lowest BCUT2D eigenvalue weighted by atomic mass is 9.73. The van der Waals surface area contributed by atoms with Gasteiger partial charge in [0.05, 0.1) is 13.2 Å². The van der Waals surface area contributed by atoms with Gasteiger partial charge in [-0.3, -0.25) is 4.90 Å². The molecule has 0 spiro atoms. The first-order valence-corrected chi connectivity index (χ1v) is 8.82. The highest BCUT2D eigenvalue weighted by Crippen LogP contribution is 2.42. The quantitative estimate of drug-likeness (QED) is 0.869. The minimum absolute atomic E-state index is 0.205. The molecule has 24 heavy (non-hydrogen) atoms. The molecule has 0 saturated carbocycles. The van der Waals surface area contributed by atoms with E-state index >= 15 is 0 Å². The van der Waals surface area contributed by atoms with Gasteiger partial charge in [0.2, 0.25) is 0 Å². The Bertz CT molecular complexity index is 757. The third-order valence-corrected chi connectivity index (χ3v) is 5.96. The number of hydrogen-bond donors (Lipinski definition) is 1. The molecule has 0 aliphatic carbocycles. The molecule has 3 fully saturated rings. The van der Waals surface area contributed by atoms with Crippen molar-refractivity contribution < 1.29 is 9.84 Å². The lowest BCUT2D eigenvalue weighted by molar-refractivity contribution is -0.0444. The van der Waals surface area contributed by atoms with Gasteiger partial charge in [-0.15, -0.1) is 6.58 Å². The molecule has 126 valence electrons. The van der Waals surface area contributed by atoms with E-state index in [1.807, 2.05) is 18.2 Å². The Morgan fingerprint density at radius 2 is 2.21 bits per heavy atom. The van der Waals surface area contributed by atoms with Gasteiger partial charge in [0.25, 0.3) is 0 Å². The van der Waals surface area contributed by atoms with Gasteiger partial charge in [0, 0.05) is 12.6 Å². The number of ether oxygens (including phenoxy) is 1. The van der Waals surface area contributed by atoms with Crippen LogP contribution in [0.15, 0.2) is 49.1 Å². The lowest BCUT2D eigenvalue weighted by Crippen LogP contribution is -2.54. The van der Waals surface area contributed by atoms with Crippen molar-refractivity contribution in [2.75, 3.05) is 20.2 Å². The number of rotatable bonds is 4. The summed E-state index contributed by atoms with van der Waals surface area (Å²) in [6.45, 7) is 6.11. The molecule has 0 radical (unpaired) electrons. The van der Waals surface area contributed by atoms with E-state index in [1.54, 1.807) is 7.11 Å². The number of aliphatic hydroxyl groups excluding tert-OH is 1. The fourth-order valence-corrected chi connectivity index (χ4v) is 4.57. The molecule has 2 aromatic rings. The van der Waals surface area contributed by atoms with Gasteiger partial charge in [-0.2, -0.15) is 0 Å². The Balaban J connectivity index is 1.69. The van der Waals surface area contributed by atoms with E-state index in [4.69, 9.17) is 4.74 Å². The summed E-state index contributed by atoms with van der Waals surface area (Å²) in [5.74, 6) is 2.07. The monoisotopic (exact) mass is 323 g/mol. The molecule has 3 heteroatoms. The minimum Gasteiger partial charge on any atom is -0.497 e. The zero-order valence-electron chi connectivity index (χ0n) is 14.2. The van der Waals surface area contributed by atoms with Crippen LogP contribution in [-0.4, -0.2) is 36.2 Å². The average Bonchev–Trinajstić information content (AvgIpc) is 2.66. The zero-order valence-corrected chi connectivity index (χ0v) is 14.2. The van der Waals surface area contributed by atoms with E-state index < -0.39 is 6.10 Å². The van der Waals surface area contributed by atoms with Crippen molar-refractivity contribution in [3.05, 3.63) is 54.6 Å². The molecular weight excluding hydrogens is 298 g/mol. The van der Waals surface area contributed by atoms with E-state index in [1.165, 1.54) is 6.42 Å². The molecule has 3 heterocycles. The van der Waals surface area contributed by atoms with Crippen LogP contribution in [0.3, 0.4) is 0 Å². The first-order valence-electron chi connectivity index (χ1n) is 8.82. The fourth-order valence-electron chi connectivity index (χ4n) is 4.57. The van der Waals surface area contributed by atoms with Crippen molar-refractivity contribution >= 4 is 10.8 Å². The van der Waals surface area contributed by atoms with Crippen molar-refractivity contribution in [3.63, 3.8) is 0 Å². The number of nitrogens with zero attached hydrogens (tertiary/aromatic N) is 1. The fraction of sp³-hybridized carbons (Fsp3) is 0.429. The molecule has 3 aliphatic rings. The second-order valence-corrected chi connectivity index (χ2v) is 7.13. The predicted molar refractivity (Wildman–Crippen MR) is 97.2 cm³/mol. The number of hydrogen-bond acceptors (Lipinski definition) is 3. The van der Waals surface area contributed by atoms with Gasteiger partial charge in [-0.05, 0) is 59.7 Å². The van der Waals surface area contributed by atoms with Crippen molar-refractivity contribution in [1.29, 1.82) is 0 Å². The first-order chi connectivity index (χ1) is 11.7. The summed E-state index contributed by atoms with van der Waals surface area (Å²) in [7, 11) is 1.68. The Morgan fingerprint density at radius 1 is 1.33 bits per heavy atom. The van der Waals surface area contributed by atoms with E-state index in [0.717, 1.165) is 41.6 Å². The van der Waals surface area contributed by atoms with Crippen molar-refractivity contribution in [2.45, 2.75) is 25.0 Å². The highest BCUT2D eigenvalue weighted by atomic mass is 16.5. The predicted octanol–water partition coefficient (Wildman–Crippen LogP) is 3.78. The van der Waals surface area contributed by atoms with Crippen molar-refractivity contribution in [3.8, 4) is 5.75 Å². The average molecular weight is 323 g/mol. The van der Waals surface area contributed by atoms with E-state index in [9.17, 15) is 5.11 Å². The molecule has 2 bridgehead atoms. The number of methoxy groups -OCH3 is 1. The second-order valence-electron chi connectivity index (χ2n) is 7.13. The molecule has 2 aromatic carbocycles. The standard InChI is InChI=1S/C21H25NO2/c1-3-14-13-22-10-9-16(14)11-20(22)21(23)18-6-4-5-15-7-8-17(24-2)12-19(15)18/h3-8,12,14,16,20-21,23H,1,9-11,13H2,2H3/t14-,16-,20+,21-/m0/s1. The molecular formula is C21H25NO2. The smallest absolute Gasteiger partial charge is 0.119 e. The van der Waals surface area contributed by atoms with Gasteiger partial charge in [0.15, 0.2) is 0 Å². The van der Waals surface area contributed by atoms with Crippen LogP contribution in [0, 0.1) is 11.8 Å². The summed E-state index contributed by atoms with van der Waals surface area (Å²) < 4.78 is 5.38. The maximum absolute atomic E-state index is 11.2. The van der Waals surface area contributed by atoms with Gasteiger partial charge in [0.1, 0.15) is 5.75 Å². The number of fused-ring (bicyclic) bond motifs is 4. The molecule has 3 nitrogen and oxygen atoms in total. The highest BCUT2D eigenvalue weighted by molar-refractivity contribution is 5.87. The largest absolute Gasteiger partial charge is 0.497 e. The minimum atomic E-state index is -0.464. The molecule has 1 unspecified atom stereocenters. The van der Waals surface area contributed by atoms with Crippen molar-refractivity contribution in [2.24, 2.45) is 11.8 Å². The molecule has 1 N–H and O–H groups in total. The molecule has 0 aromatic heterocycles. The summed E-state index contributed by atoms with van der Waals surface area (Å²) in [5.41, 5.74) is 1.01. The van der Waals surface area contributed by atoms with Crippen LogP contribution in [0.1, 0.15) is 24.5 Å². The van der Waals surface area contributed by atoms with Crippen LogP contribution in [0.25, 0.3) is 10.8 Å². The number of aliphatic hydroxyl groups is 1. The van der Waals surface area contributed by atoms with Crippen LogP contribution >= 0.6 is 0 Å². The Morgan fingerprint density at radius 3 is 2.92 bits per heavy atom. The summed E-state index contributed by atoms with van der Waals surface area (Å²) in [6, 6.07) is 12.5. The number of benzene rings is 2. The third-order valence-electron chi connectivity index (χ3n) is 5.96. The van der Waals surface area contributed by atoms with Crippen LogP contribution in [0.4, 0.5) is 0 Å². The molecule has 3 saturated heterocycles. The summed E-state index contributed by atoms with van der Waals surface area (Å²) in [4.78, 5) is 2.45. The normalized spacial score (nSPS) is 30.2. The Hall–Kier alpha value is -1.84. The number of piperidine rings is 3. The third kappa shape index (κ3) is 2.52. The van der Waals surface area contributed by atoms with Crippen molar-refractivity contribution in [1.82, 2.24) is 4.90 Å². The summed E-state index contributed by atoms with van der Waals surface area (Å²) >= 11 is 0. The lowest BCUT2D eigenvalue weighted by Gasteiger charge is -2.50. The van der Waals surface area contributed by atoms with Gasteiger partial charge >= 0.3 is 0 Å². The molecule has 3 aliphatic heterocycles. The van der Waals surface area contributed by atoms with E-state index in [0.29, 0.717) is 11.8 Å². The van der Waals surface area contributed by atoms with E-state index in [-0.39, 0.29) is 6.04 Å². The van der Waals surface area contributed by atoms with Crippen LogP contribution < -0.4 is 4.74 Å². The van der Waals surface area contributed by atoms with E-state index in [2.05, 4.69) is 35.8 Å². The zero-order chi connectivity index (χ0) is 16.7. The molecule has 5 atom stereocenters. The topological polar surface area (TPSA) is 32.7 Å². The SMILES string of the molecule is C=C[C@H]1CN2CC[C@H]1C[C@@H]2[C@@H](O)c1cccc2ccc(OC)cc12. The second kappa shape index (κ2) is 6.23. The summed E-state index contributed by atoms with van der Waals surface area (Å²) in [6.07, 6.45) is 3.92. The summed E-state index contributed by atoms with van der Waals surface area (Å²) in [5, 5.41) is 13.4. The first kappa shape index (κ1) is 15.7. The van der Waals surface area contributed by atoms with Gasteiger partial charge in [-0.1, -0.05) is 30.3 Å². The maximum atomic E-state index is 11.2. The van der Waals surface area contributed by atoms with Gasteiger partial charge < -0.3 is 9.84 Å². The Labute approximate surface area is 143 Å². The highest BCUT2D eigenvalue weighted by Gasteiger charge is 2.42. The molecule has 5 rings (SSSR count). The maximum Gasteiger partial charge on any atom is 0.119 e. The van der Waals surface area contributed by atoms with Crippen LogP contribution in [0.2, 0.25) is 0 Å². The van der Waals surface area contributed by atoms with Crippen LogP contribution in [0.5, 0.6) is 5.75 Å². The Kier molecular flexibility index (Phi) is 4.07.